The van der Waals surface area contributed by atoms with Crippen molar-refractivity contribution in [3.05, 3.63) is 35.5 Å². The van der Waals surface area contributed by atoms with Crippen molar-refractivity contribution in [3.8, 4) is 11.4 Å². The smallest absolute Gasteiger partial charge is 0.407 e. The Labute approximate surface area is 178 Å². The Hall–Kier alpha value is -3.05. The molecule has 1 aromatic carbocycles. The minimum absolute atomic E-state index is 0.0595. The Morgan fingerprint density at radius 3 is 2.68 bits per heavy atom. The monoisotopic (exact) mass is 436 g/mol. The number of aliphatic hydroxyl groups is 1. The second-order valence-corrected chi connectivity index (χ2v) is 7.98. The molecule has 1 aromatic heterocycles. The normalized spacial score (nSPS) is 15.2. The summed E-state index contributed by atoms with van der Waals surface area (Å²) in [4.78, 5) is 28.7. The summed E-state index contributed by atoms with van der Waals surface area (Å²) < 4.78 is 25.3. The van der Waals surface area contributed by atoms with Gasteiger partial charge in [-0.2, -0.15) is 4.98 Å². The molecule has 3 rings (SSSR count). The first-order valence-electron chi connectivity index (χ1n) is 9.84. The van der Waals surface area contributed by atoms with Crippen molar-refractivity contribution < 1.29 is 33.5 Å². The number of carbonyl (C=O) groups is 2. The first kappa shape index (κ1) is 22.6. The lowest BCUT2D eigenvalue weighted by atomic mass is 10.0. The number of hydrogen-bond donors (Lipinski definition) is 3. The van der Waals surface area contributed by atoms with E-state index in [2.05, 4.69) is 15.5 Å². The molecule has 1 fully saturated rings. The van der Waals surface area contributed by atoms with Crippen LogP contribution in [0.15, 0.2) is 22.7 Å². The molecule has 2 amide bonds. The summed E-state index contributed by atoms with van der Waals surface area (Å²) in [6.07, 6.45) is 0.113. The van der Waals surface area contributed by atoms with Crippen molar-refractivity contribution in [2.24, 2.45) is 0 Å². The van der Waals surface area contributed by atoms with E-state index in [1.807, 2.05) is 0 Å². The third-order valence-electron chi connectivity index (χ3n) is 4.94. The number of nitrogens with one attached hydrogen (secondary N) is 1. The van der Waals surface area contributed by atoms with E-state index >= 15 is 0 Å². The van der Waals surface area contributed by atoms with Gasteiger partial charge < -0.3 is 29.7 Å². The highest BCUT2D eigenvalue weighted by atomic mass is 19.1. The minimum atomic E-state index is -0.937. The summed E-state index contributed by atoms with van der Waals surface area (Å²) >= 11 is 0. The number of likely N-dealkylation sites (tertiary alicyclic amines) is 1. The fourth-order valence-electron chi connectivity index (χ4n) is 3.09. The molecule has 3 N–H and O–H groups in total. The van der Waals surface area contributed by atoms with Crippen LogP contribution in [0.25, 0.3) is 11.4 Å². The highest BCUT2D eigenvalue weighted by Gasteiger charge is 2.24. The molecule has 0 unspecified atom stereocenters. The maximum Gasteiger partial charge on any atom is 0.407 e. The summed E-state index contributed by atoms with van der Waals surface area (Å²) in [5.74, 6) is -1.03. The molecule has 0 bridgehead atoms. The number of aliphatic hydroxyl groups excluding tert-OH is 1. The van der Waals surface area contributed by atoms with Gasteiger partial charge in [-0.25, -0.2) is 9.18 Å². The van der Waals surface area contributed by atoms with Gasteiger partial charge in [0, 0.05) is 18.7 Å². The molecular weight excluding hydrogens is 411 g/mol. The standard InChI is InChI=1S/C20H25FN4O6/c1-20(2,11-26)23-18(27)14-4-3-12(9-15(14)21)17-22-16(31-24-17)10-30-13-5-7-25(8-6-13)19(28)29/h3-4,9,13,26H,5-8,10-11H2,1-2H3,(H,23,27)(H,28,29). The Bertz CT molecular complexity index is 940. The van der Waals surface area contributed by atoms with E-state index in [1.54, 1.807) is 13.8 Å². The molecule has 0 saturated carbocycles. The van der Waals surface area contributed by atoms with Crippen LogP contribution in [0.4, 0.5) is 9.18 Å². The number of ether oxygens (including phenoxy) is 1. The van der Waals surface area contributed by atoms with Crippen LogP contribution < -0.4 is 5.32 Å². The molecule has 31 heavy (non-hydrogen) atoms. The molecule has 10 nitrogen and oxygen atoms in total. The van der Waals surface area contributed by atoms with Gasteiger partial charge in [0.25, 0.3) is 11.8 Å². The molecule has 1 aliphatic rings. The molecule has 1 aliphatic heterocycles. The number of aromatic nitrogens is 2. The fraction of sp³-hybridized carbons (Fsp3) is 0.500. The molecule has 11 heteroatoms. The molecule has 0 atom stereocenters. The zero-order valence-electron chi connectivity index (χ0n) is 17.3. The summed E-state index contributed by atoms with van der Waals surface area (Å²) in [5, 5.41) is 24.6. The SMILES string of the molecule is CC(C)(CO)NC(=O)c1ccc(-c2noc(COC3CCN(C(=O)O)CC3)n2)cc1F. The number of benzene rings is 1. The van der Waals surface area contributed by atoms with E-state index in [-0.39, 0.29) is 36.6 Å². The number of hydrogen-bond acceptors (Lipinski definition) is 7. The molecule has 1 saturated heterocycles. The van der Waals surface area contributed by atoms with Crippen molar-refractivity contribution >= 4 is 12.0 Å². The van der Waals surface area contributed by atoms with E-state index in [9.17, 15) is 19.1 Å². The molecule has 0 aliphatic carbocycles. The lowest BCUT2D eigenvalue weighted by Crippen LogP contribution is -2.46. The largest absolute Gasteiger partial charge is 0.465 e. The first-order chi connectivity index (χ1) is 14.7. The van der Waals surface area contributed by atoms with E-state index in [1.165, 1.54) is 17.0 Å². The molecular formula is C20H25FN4O6. The van der Waals surface area contributed by atoms with Crippen LogP contribution in [0, 0.1) is 5.82 Å². The van der Waals surface area contributed by atoms with Crippen molar-refractivity contribution in [3.63, 3.8) is 0 Å². The maximum absolute atomic E-state index is 14.5. The topological polar surface area (TPSA) is 138 Å². The van der Waals surface area contributed by atoms with Gasteiger partial charge in [-0.05, 0) is 38.8 Å². The maximum atomic E-state index is 14.5. The van der Waals surface area contributed by atoms with Gasteiger partial charge >= 0.3 is 6.09 Å². The number of piperidine rings is 1. The Morgan fingerprint density at radius 1 is 1.35 bits per heavy atom. The van der Waals surface area contributed by atoms with E-state index in [4.69, 9.17) is 14.4 Å². The van der Waals surface area contributed by atoms with Crippen LogP contribution in [0.1, 0.15) is 42.9 Å². The molecule has 2 aromatic rings. The van der Waals surface area contributed by atoms with Gasteiger partial charge in [-0.15, -0.1) is 0 Å². The van der Waals surface area contributed by atoms with Gasteiger partial charge in [0.1, 0.15) is 12.4 Å². The van der Waals surface area contributed by atoms with Crippen LogP contribution in [0.5, 0.6) is 0 Å². The zero-order valence-corrected chi connectivity index (χ0v) is 17.3. The molecule has 0 spiro atoms. The minimum Gasteiger partial charge on any atom is -0.465 e. The number of carbonyl (C=O) groups excluding carboxylic acids is 1. The average molecular weight is 436 g/mol. The van der Waals surface area contributed by atoms with Crippen molar-refractivity contribution in [2.45, 2.75) is 44.9 Å². The first-order valence-corrected chi connectivity index (χ1v) is 9.84. The predicted molar refractivity (Wildman–Crippen MR) is 106 cm³/mol. The highest BCUT2D eigenvalue weighted by molar-refractivity contribution is 5.95. The number of amides is 2. The Kier molecular flexibility index (Phi) is 6.86. The summed E-state index contributed by atoms with van der Waals surface area (Å²) in [5.41, 5.74) is -0.708. The second kappa shape index (κ2) is 9.40. The van der Waals surface area contributed by atoms with Crippen LogP contribution >= 0.6 is 0 Å². The number of rotatable bonds is 7. The van der Waals surface area contributed by atoms with Crippen molar-refractivity contribution in [2.75, 3.05) is 19.7 Å². The van der Waals surface area contributed by atoms with Gasteiger partial charge in [0.15, 0.2) is 0 Å². The van der Waals surface area contributed by atoms with Crippen molar-refractivity contribution in [1.29, 1.82) is 0 Å². The number of carboxylic acid groups (broad SMARTS) is 1. The van der Waals surface area contributed by atoms with Gasteiger partial charge in [-0.3, -0.25) is 4.79 Å². The lowest BCUT2D eigenvalue weighted by Gasteiger charge is -2.29. The quantitative estimate of drug-likeness (QED) is 0.599. The summed E-state index contributed by atoms with van der Waals surface area (Å²) in [7, 11) is 0. The Balaban J connectivity index is 1.59. The van der Waals surface area contributed by atoms with Crippen LogP contribution in [0.2, 0.25) is 0 Å². The van der Waals surface area contributed by atoms with E-state index in [0.29, 0.717) is 31.5 Å². The third-order valence-corrected chi connectivity index (χ3v) is 4.94. The van der Waals surface area contributed by atoms with Crippen LogP contribution in [-0.4, -0.2) is 68.6 Å². The summed E-state index contributed by atoms with van der Waals surface area (Å²) in [6, 6.07) is 3.95. The van der Waals surface area contributed by atoms with Gasteiger partial charge in [0.05, 0.1) is 23.8 Å². The third kappa shape index (κ3) is 5.76. The highest BCUT2D eigenvalue weighted by Crippen LogP contribution is 2.21. The molecule has 168 valence electrons. The Morgan fingerprint density at radius 2 is 2.06 bits per heavy atom. The number of nitrogens with zero attached hydrogens (tertiary/aromatic N) is 3. The van der Waals surface area contributed by atoms with Gasteiger partial charge in [-0.1, -0.05) is 11.2 Å². The van der Waals surface area contributed by atoms with Gasteiger partial charge in [0.2, 0.25) is 5.82 Å². The van der Waals surface area contributed by atoms with Crippen LogP contribution in [0.3, 0.4) is 0 Å². The average Bonchev–Trinajstić information content (AvgIpc) is 3.21. The van der Waals surface area contributed by atoms with Crippen molar-refractivity contribution in [1.82, 2.24) is 20.4 Å². The second-order valence-electron chi connectivity index (χ2n) is 7.98. The molecule has 2 heterocycles. The molecule has 0 radical (unpaired) electrons. The van der Waals surface area contributed by atoms with Crippen LogP contribution in [-0.2, 0) is 11.3 Å². The number of halogens is 1. The predicted octanol–water partition coefficient (Wildman–Crippen LogP) is 2.04. The summed E-state index contributed by atoms with van der Waals surface area (Å²) in [6.45, 7) is 3.83. The van der Waals surface area contributed by atoms with E-state index < -0.39 is 23.4 Å². The lowest BCUT2D eigenvalue weighted by molar-refractivity contribution is -0.00953. The fourth-order valence-corrected chi connectivity index (χ4v) is 3.09. The van der Waals surface area contributed by atoms with E-state index in [0.717, 1.165) is 6.07 Å². The zero-order chi connectivity index (χ0) is 22.6.